The minimum atomic E-state index is -0.567. The van der Waals surface area contributed by atoms with Gasteiger partial charge in [-0.25, -0.2) is 0 Å². The van der Waals surface area contributed by atoms with Crippen LogP contribution in [0.4, 0.5) is 0 Å². The fourth-order valence-electron chi connectivity index (χ4n) is 8.01. The summed E-state index contributed by atoms with van der Waals surface area (Å²) in [7, 11) is 0. The summed E-state index contributed by atoms with van der Waals surface area (Å²) in [5.74, 6) is 1.46. The number of hydrogen-bond donors (Lipinski definition) is 2. The van der Waals surface area contributed by atoms with Crippen molar-refractivity contribution in [3.8, 4) is 22.6 Å². The molecule has 262 valence electrons. The highest BCUT2D eigenvalue weighted by Gasteiger charge is 2.28. The molecular weight excluding hydrogens is 628 g/mol. The van der Waals surface area contributed by atoms with Crippen molar-refractivity contribution in [3.05, 3.63) is 118 Å². The molecule has 4 aromatic rings. The largest absolute Gasteiger partial charge is 0.486 e. The molecule has 3 heterocycles. The number of β-amino-alcohol motifs (C(OH)–C–C–N with tert-alkyl or cyclic N) is 2. The second kappa shape index (κ2) is 15.2. The van der Waals surface area contributed by atoms with Gasteiger partial charge in [0.1, 0.15) is 6.61 Å². The van der Waals surface area contributed by atoms with Crippen molar-refractivity contribution < 1.29 is 29.2 Å². The Bertz CT molecular complexity index is 1780. The topological polar surface area (TPSA) is 83.9 Å². The first-order chi connectivity index (χ1) is 24.5. The van der Waals surface area contributed by atoms with Gasteiger partial charge in [0.2, 0.25) is 0 Å². The van der Waals surface area contributed by atoms with Gasteiger partial charge in [-0.3, -0.25) is 9.80 Å². The number of benzene rings is 4. The van der Waals surface area contributed by atoms with Gasteiger partial charge in [0, 0.05) is 44.8 Å². The van der Waals surface area contributed by atoms with Crippen LogP contribution >= 0.6 is 0 Å². The molecule has 4 aromatic carbocycles. The smallest absolute Gasteiger partial charge is 0.169 e. The summed E-state index contributed by atoms with van der Waals surface area (Å²) in [6.45, 7) is 6.21. The lowest BCUT2D eigenvalue weighted by Crippen LogP contribution is -2.39. The summed E-state index contributed by atoms with van der Waals surface area (Å²) in [6, 6.07) is 29.8. The molecule has 8 nitrogen and oxygen atoms in total. The van der Waals surface area contributed by atoms with Crippen LogP contribution in [0, 0.1) is 0 Å². The average molecular weight is 677 g/mol. The third-order valence-electron chi connectivity index (χ3n) is 10.6. The highest BCUT2D eigenvalue weighted by atomic mass is 16.6. The molecule has 0 saturated carbocycles. The Balaban J connectivity index is 0.816. The quantitative estimate of drug-likeness (QED) is 0.221. The lowest BCUT2D eigenvalue weighted by Gasteiger charge is -2.31. The van der Waals surface area contributed by atoms with Crippen LogP contribution < -0.4 is 9.47 Å². The van der Waals surface area contributed by atoms with Crippen LogP contribution in [0.5, 0.6) is 11.5 Å². The first-order valence-electron chi connectivity index (χ1n) is 18.2. The van der Waals surface area contributed by atoms with Gasteiger partial charge >= 0.3 is 0 Å². The lowest BCUT2D eigenvalue weighted by molar-refractivity contribution is -0.0296. The number of aliphatic hydroxyl groups is 2. The minimum Gasteiger partial charge on any atom is -0.486 e. The summed E-state index contributed by atoms with van der Waals surface area (Å²) >= 11 is 0. The number of para-hydroxylation sites is 1. The van der Waals surface area contributed by atoms with Crippen LogP contribution in [0.3, 0.4) is 0 Å². The average Bonchev–Trinajstić information content (AvgIpc) is 3.56. The first-order valence-corrected chi connectivity index (χ1v) is 18.2. The molecular formula is C42H48N2O6. The standard InChI is InChI=1S/C42H48N2O6/c45-36(23-43-16-14-29-6-1-3-8-33(29)21-43)25-47-27-39-28-49-41-11-5-10-40(42(41)50-39)32-13-12-31-19-38(20-35(31)18-32)48-26-37(46)24-44-17-15-30-7-2-4-9-34(30)22-44/h1-13,18,36-39,45-46H,14-17,19-28H2. The van der Waals surface area contributed by atoms with E-state index >= 15 is 0 Å². The van der Waals surface area contributed by atoms with Crippen molar-refractivity contribution in [2.75, 3.05) is 52.6 Å². The summed E-state index contributed by atoms with van der Waals surface area (Å²) in [4.78, 5) is 4.62. The van der Waals surface area contributed by atoms with E-state index in [2.05, 4.69) is 82.6 Å². The van der Waals surface area contributed by atoms with E-state index in [1.54, 1.807) is 0 Å². The molecule has 0 amide bonds. The van der Waals surface area contributed by atoms with Crippen molar-refractivity contribution >= 4 is 0 Å². The van der Waals surface area contributed by atoms with Crippen molar-refractivity contribution in [2.24, 2.45) is 0 Å². The molecule has 0 aromatic heterocycles. The van der Waals surface area contributed by atoms with Crippen LogP contribution in [0.15, 0.2) is 84.9 Å². The summed E-state index contributed by atoms with van der Waals surface area (Å²) < 4.78 is 24.8. The molecule has 1 aliphatic carbocycles. The maximum atomic E-state index is 10.8. The van der Waals surface area contributed by atoms with E-state index in [1.807, 2.05) is 12.1 Å². The van der Waals surface area contributed by atoms with Gasteiger partial charge in [0.15, 0.2) is 17.6 Å². The zero-order chi connectivity index (χ0) is 33.9. The normalized spacial score (nSPS) is 21.2. The maximum Gasteiger partial charge on any atom is 0.169 e. The molecule has 4 atom stereocenters. The van der Waals surface area contributed by atoms with Crippen LogP contribution in [0.2, 0.25) is 0 Å². The van der Waals surface area contributed by atoms with Gasteiger partial charge in [-0.05, 0) is 70.7 Å². The number of ether oxygens (including phenoxy) is 4. The fraction of sp³-hybridized carbons (Fsp3) is 0.429. The molecule has 0 fully saturated rings. The number of rotatable bonds is 12. The Hall–Kier alpha value is -3.76. The Morgan fingerprint density at radius 3 is 2.08 bits per heavy atom. The van der Waals surface area contributed by atoms with Gasteiger partial charge in [-0.1, -0.05) is 78.9 Å². The van der Waals surface area contributed by atoms with Gasteiger partial charge in [0.25, 0.3) is 0 Å². The van der Waals surface area contributed by atoms with Crippen LogP contribution in [-0.2, 0) is 48.2 Å². The van der Waals surface area contributed by atoms with Crippen LogP contribution in [-0.4, -0.2) is 97.0 Å². The third kappa shape index (κ3) is 7.76. The van der Waals surface area contributed by atoms with Gasteiger partial charge < -0.3 is 29.2 Å². The lowest BCUT2D eigenvalue weighted by atomic mass is 9.99. The fourth-order valence-corrected chi connectivity index (χ4v) is 8.01. The zero-order valence-electron chi connectivity index (χ0n) is 28.7. The second-order valence-corrected chi connectivity index (χ2v) is 14.4. The number of hydrogen-bond acceptors (Lipinski definition) is 8. The summed E-state index contributed by atoms with van der Waals surface area (Å²) in [5, 5.41) is 21.5. The molecule has 50 heavy (non-hydrogen) atoms. The molecule has 0 radical (unpaired) electrons. The van der Waals surface area contributed by atoms with Crippen molar-refractivity contribution in [1.29, 1.82) is 0 Å². The summed E-state index contributed by atoms with van der Waals surface area (Å²) in [5.41, 5.74) is 10.2. The zero-order valence-corrected chi connectivity index (χ0v) is 28.7. The molecule has 8 heteroatoms. The molecule has 3 aliphatic heterocycles. The molecule has 0 bridgehead atoms. The highest BCUT2D eigenvalue weighted by Crippen LogP contribution is 2.42. The van der Waals surface area contributed by atoms with Crippen molar-refractivity contribution in [2.45, 2.75) is 63.2 Å². The van der Waals surface area contributed by atoms with E-state index in [1.165, 1.54) is 33.4 Å². The van der Waals surface area contributed by atoms with Crippen LogP contribution in [0.25, 0.3) is 11.1 Å². The van der Waals surface area contributed by atoms with Gasteiger partial charge in [-0.2, -0.15) is 0 Å². The Morgan fingerprint density at radius 2 is 1.36 bits per heavy atom. The van der Waals surface area contributed by atoms with Crippen molar-refractivity contribution in [1.82, 2.24) is 9.80 Å². The Labute approximate surface area is 295 Å². The monoisotopic (exact) mass is 676 g/mol. The number of aliphatic hydroxyl groups excluding tert-OH is 2. The van der Waals surface area contributed by atoms with E-state index < -0.39 is 12.2 Å². The van der Waals surface area contributed by atoms with E-state index in [0.29, 0.717) is 32.9 Å². The van der Waals surface area contributed by atoms with Gasteiger partial charge in [0.05, 0.1) is 38.1 Å². The predicted octanol–water partition coefficient (Wildman–Crippen LogP) is 4.83. The first kappa shape index (κ1) is 33.4. The third-order valence-corrected chi connectivity index (χ3v) is 10.6. The number of nitrogens with zero attached hydrogens (tertiary/aromatic N) is 2. The van der Waals surface area contributed by atoms with E-state index in [0.717, 1.165) is 74.5 Å². The molecule has 4 unspecified atom stereocenters. The SMILES string of the molecule is OC(COCC1COc2cccc(-c3ccc4c(c3)CC(OCC(O)CN3CCc5ccccc5C3)C4)c2O1)CN1CCc2ccccc2C1. The minimum absolute atomic E-state index is 0.0591. The van der Waals surface area contributed by atoms with Crippen LogP contribution in [0.1, 0.15) is 33.4 Å². The maximum absolute atomic E-state index is 10.8. The van der Waals surface area contributed by atoms with E-state index in [9.17, 15) is 10.2 Å². The van der Waals surface area contributed by atoms with E-state index in [4.69, 9.17) is 18.9 Å². The molecule has 0 saturated heterocycles. The van der Waals surface area contributed by atoms with Crippen molar-refractivity contribution in [3.63, 3.8) is 0 Å². The van der Waals surface area contributed by atoms with Gasteiger partial charge in [-0.15, -0.1) is 0 Å². The predicted molar refractivity (Wildman–Crippen MR) is 193 cm³/mol. The Kier molecular flexibility index (Phi) is 10.2. The number of fused-ring (bicyclic) bond motifs is 4. The second-order valence-electron chi connectivity index (χ2n) is 14.4. The molecule has 2 N–H and O–H groups in total. The molecule has 0 spiro atoms. The highest BCUT2D eigenvalue weighted by molar-refractivity contribution is 5.75. The molecule has 8 rings (SSSR count). The summed E-state index contributed by atoms with van der Waals surface area (Å²) in [6.07, 6.45) is 2.42. The Morgan fingerprint density at radius 1 is 0.700 bits per heavy atom. The molecule has 4 aliphatic rings. The van der Waals surface area contributed by atoms with E-state index in [-0.39, 0.29) is 18.8 Å².